The number of nitrogens with one attached hydrogen (secondary N) is 1. The highest BCUT2D eigenvalue weighted by Gasteiger charge is 2.35. The zero-order valence-electron chi connectivity index (χ0n) is 16.8. The summed E-state index contributed by atoms with van der Waals surface area (Å²) in [6.45, 7) is 2.10. The number of hydrogen-bond acceptors (Lipinski definition) is 5. The second kappa shape index (κ2) is 8.00. The Kier molecular flexibility index (Phi) is 5.03. The van der Waals surface area contributed by atoms with Crippen LogP contribution in [0.5, 0.6) is 11.5 Å². The quantitative estimate of drug-likeness (QED) is 0.644. The van der Waals surface area contributed by atoms with Crippen LogP contribution < -0.4 is 19.7 Å². The van der Waals surface area contributed by atoms with Crippen molar-refractivity contribution in [2.45, 2.75) is 12.3 Å². The van der Waals surface area contributed by atoms with Crippen molar-refractivity contribution in [3.63, 3.8) is 0 Å². The van der Waals surface area contributed by atoms with E-state index in [4.69, 9.17) is 9.47 Å². The molecule has 7 heteroatoms. The van der Waals surface area contributed by atoms with E-state index >= 15 is 0 Å². The number of hydrogen-bond donors (Lipinski definition) is 1. The zero-order chi connectivity index (χ0) is 21.4. The topological polar surface area (TPSA) is 67.9 Å². The van der Waals surface area contributed by atoms with Gasteiger partial charge < -0.3 is 14.8 Å². The zero-order valence-corrected chi connectivity index (χ0v) is 17.6. The number of rotatable bonds is 4. The summed E-state index contributed by atoms with van der Waals surface area (Å²) in [6.07, 6.45) is 0. The molecule has 2 amide bonds. The molecule has 0 unspecified atom stereocenters. The maximum atomic E-state index is 12.7. The van der Waals surface area contributed by atoms with Crippen LogP contribution in [0, 0.1) is 6.92 Å². The highest BCUT2D eigenvalue weighted by molar-refractivity contribution is 8.00. The summed E-state index contributed by atoms with van der Waals surface area (Å²) in [5.41, 5.74) is 3.95. The molecule has 0 spiro atoms. The second-order valence-electron chi connectivity index (χ2n) is 7.36. The average molecular weight is 433 g/mol. The van der Waals surface area contributed by atoms with Crippen molar-refractivity contribution in [2.75, 3.05) is 22.8 Å². The number of ether oxygens (including phenoxy) is 2. The highest BCUT2D eigenvalue weighted by atomic mass is 32.2. The highest BCUT2D eigenvalue weighted by Crippen LogP contribution is 2.45. The third-order valence-electron chi connectivity index (χ3n) is 5.32. The van der Waals surface area contributed by atoms with Gasteiger partial charge in [-0.25, -0.2) is 0 Å². The lowest BCUT2D eigenvalue weighted by atomic mass is 10.1. The van der Waals surface area contributed by atoms with Crippen molar-refractivity contribution in [2.24, 2.45) is 0 Å². The Morgan fingerprint density at radius 1 is 1.03 bits per heavy atom. The molecule has 156 valence electrons. The van der Waals surface area contributed by atoms with Gasteiger partial charge in [0.05, 0.1) is 5.75 Å². The molecule has 0 radical (unpaired) electrons. The van der Waals surface area contributed by atoms with Crippen LogP contribution in [0.1, 0.15) is 26.9 Å². The number of nitrogens with zero attached hydrogens (tertiary/aromatic N) is 1. The molecule has 5 rings (SSSR count). The molecule has 2 heterocycles. The fourth-order valence-electron chi connectivity index (χ4n) is 3.78. The Morgan fingerprint density at radius 3 is 2.74 bits per heavy atom. The van der Waals surface area contributed by atoms with Crippen LogP contribution in [0.25, 0.3) is 0 Å². The van der Waals surface area contributed by atoms with Gasteiger partial charge in [-0.05, 0) is 48.4 Å². The van der Waals surface area contributed by atoms with E-state index < -0.39 is 0 Å². The Hall–Kier alpha value is -3.45. The maximum absolute atomic E-state index is 12.7. The van der Waals surface area contributed by atoms with Gasteiger partial charge in [0.15, 0.2) is 11.5 Å². The van der Waals surface area contributed by atoms with Gasteiger partial charge in [0.2, 0.25) is 12.7 Å². The molecular formula is C24H20N2O4S. The summed E-state index contributed by atoms with van der Waals surface area (Å²) < 4.78 is 10.9. The number of carbonyl (C=O) groups excluding carboxylic acids is 2. The number of benzene rings is 3. The lowest BCUT2D eigenvalue weighted by Gasteiger charge is -2.25. The van der Waals surface area contributed by atoms with E-state index in [0.29, 0.717) is 28.5 Å². The number of aryl methyl sites for hydroxylation is 1. The van der Waals surface area contributed by atoms with E-state index in [9.17, 15) is 9.59 Å². The molecule has 2 aliphatic rings. The van der Waals surface area contributed by atoms with Crippen LogP contribution in [-0.2, 0) is 4.79 Å². The van der Waals surface area contributed by atoms with Gasteiger partial charge in [0.1, 0.15) is 5.37 Å². The fourth-order valence-corrected chi connectivity index (χ4v) is 4.95. The van der Waals surface area contributed by atoms with Crippen molar-refractivity contribution in [1.29, 1.82) is 0 Å². The summed E-state index contributed by atoms with van der Waals surface area (Å²) in [5.74, 6) is 1.58. The van der Waals surface area contributed by atoms with Gasteiger partial charge in [-0.1, -0.05) is 30.3 Å². The molecule has 0 aliphatic carbocycles. The van der Waals surface area contributed by atoms with Crippen LogP contribution >= 0.6 is 11.8 Å². The summed E-state index contributed by atoms with van der Waals surface area (Å²) in [5, 5.41) is 2.78. The van der Waals surface area contributed by atoms with Gasteiger partial charge >= 0.3 is 0 Å². The number of carbonyl (C=O) groups is 2. The molecule has 1 atom stereocenters. The van der Waals surface area contributed by atoms with Crippen molar-refractivity contribution in [1.82, 2.24) is 0 Å². The molecule has 2 aliphatic heterocycles. The molecular weight excluding hydrogens is 412 g/mol. The van der Waals surface area contributed by atoms with E-state index in [0.717, 1.165) is 16.8 Å². The minimum Gasteiger partial charge on any atom is -0.454 e. The van der Waals surface area contributed by atoms with Crippen LogP contribution in [0.15, 0.2) is 66.7 Å². The third kappa shape index (κ3) is 3.72. The van der Waals surface area contributed by atoms with E-state index in [1.165, 1.54) is 0 Å². The predicted octanol–water partition coefficient (Wildman–Crippen LogP) is 4.75. The first kappa shape index (κ1) is 19.5. The summed E-state index contributed by atoms with van der Waals surface area (Å²) in [6, 6.07) is 20.6. The van der Waals surface area contributed by atoms with Crippen molar-refractivity contribution in [3.8, 4) is 11.5 Å². The van der Waals surface area contributed by atoms with Crippen LogP contribution in [0.2, 0.25) is 0 Å². The van der Waals surface area contributed by atoms with E-state index in [2.05, 4.69) is 5.32 Å². The van der Waals surface area contributed by atoms with Gasteiger partial charge in [0.25, 0.3) is 5.91 Å². The van der Waals surface area contributed by atoms with E-state index in [-0.39, 0.29) is 24.0 Å². The number of thioether (sulfide) groups is 1. The minimum atomic E-state index is -0.191. The lowest BCUT2D eigenvalue weighted by Crippen LogP contribution is -2.27. The molecule has 3 aromatic carbocycles. The Labute approximate surface area is 184 Å². The Bertz CT molecular complexity index is 1180. The molecule has 1 N–H and O–H groups in total. The first-order valence-electron chi connectivity index (χ1n) is 9.90. The Balaban J connectivity index is 1.41. The first-order chi connectivity index (χ1) is 15.1. The van der Waals surface area contributed by atoms with Crippen LogP contribution in [0.4, 0.5) is 11.4 Å². The SMILES string of the molecule is Cc1ccccc1C(=O)Nc1cccc([C@H]2SCC(=O)N2c2ccc3c(c2)OCO3)c1. The van der Waals surface area contributed by atoms with Gasteiger partial charge in [-0.15, -0.1) is 11.8 Å². The lowest BCUT2D eigenvalue weighted by molar-refractivity contribution is -0.115. The summed E-state index contributed by atoms with van der Waals surface area (Å²) in [7, 11) is 0. The smallest absolute Gasteiger partial charge is 0.255 e. The van der Waals surface area contributed by atoms with E-state index in [1.807, 2.05) is 67.6 Å². The maximum Gasteiger partial charge on any atom is 0.255 e. The molecule has 0 saturated carbocycles. The second-order valence-corrected chi connectivity index (χ2v) is 8.43. The molecule has 6 nitrogen and oxygen atoms in total. The minimum absolute atomic E-state index is 0.0308. The Morgan fingerprint density at radius 2 is 1.87 bits per heavy atom. The standard InChI is InChI=1S/C24H20N2O4S/c1-15-5-2-3-8-19(15)23(28)25-17-7-4-6-16(11-17)24-26(22(27)13-31-24)18-9-10-20-21(12-18)30-14-29-20/h2-12,24H,13-14H2,1H3,(H,25,28)/t24-/m1/s1. The molecule has 1 saturated heterocycles. The van der Waals surface area contributed by atoms with Gasteiger partial charge in [0, 0.05) is 23.0 Å². The van der Waals surface area contributed by atoms with Crippen molar-refractivity contribution < 1.29 is 19.1 Å². The largest absolute Gasteiger partial charge is 0.454 e. The fraction of sp³-hybridized carbons (Fsp3) is 0.167. The molecule has 0 aromatic heterocycles. The van der Waals surface area contributed by atoms with Gasteiger partial charge in [-0.2, -0.15) is 0 Å². The number of fused-ring (bicyclic) bond motifs is 1. The van der Waals surface area contributed by atoms with Crippen molar-refractivity contribution in [3.05, 3.63) is 83.4 Å². The molecule has 31 heavy (non-hydrogen) atoms. The summed E-state index contributed by atoms with van der Waals surface area (Å²) >= 11 is 1.56. The molecule has 1 fully saturated rings. The monoisotopic (exact) mass is 432 g/mol. The van der Waals surface area contributed by atoms with Crippen LogP contribution in [-0.4, -0.2) is 24.4 Å². The number of anilines is 2. The predicted molar refractivity (Wildman–Crippen MR) is 121 cm³/mol. The van der Waals surface area contributed by atoms with Gasteiger partial charge in [-0.3, -0.25) is 14.5 Å². The molecule has 0 bridgehead atoms. The van der Waals surface area contributed by atoms with Crippen LogP contribution in [0.3, 0.4) is 0 Å². The van der Waals surface area contributed by atoms with Crippen molar-refractivity contribution >= 4 is 35.0 Å². The average Bonchev–Trinajstić information content (AvgIpc) is 3.40. The summed E-state index contributed by atoms with van der Waals surface area (Å²) in [4.78, 5) is 27.2. The third-order valence-corrected chi connectivity index (χ3v) is 6.53. The first-order valence-corrected chi connectivity index (χ1v) is 11.0. The number of amides is 2. The normalized spacial score (nSPS) is 17.1. The molecule has 3 aromatic rings. The van der Waals surface area contributed by atoms with E-state index in [1.54, 1.807) is 22.7 Å².